The minimum Gasteiger partial charge on any atom is -0.358 e. The highest BCUT2D eigenvalue weighted by molar-refractivity contribution is 5.86. The molecular weight excluding hydrogens is 318 g/mol. The summed E-state index contributed by atoms with van der Waals surface area (Å²) in [4.78, 5) is 14.0. The van der Waals surface area contributed by atoms with Gasteiger partial charge in [-0.15, -0.1) is 0 Å². The molecule has 0 saturated heterocycles. The highest BCUT2D eigenvalue weighted by Crippen LogP contribution is 2.34. The summed E-state index contributed by atoms with van der Waals surface area (Å²) in [5, 5.41) is 12.6. The van der Waals surface area contributed by atoms with Gasteiger partial charge in [-0.05, 0) is 19.8 Å². The van der Waals surface area contributed by atoms with Crippen LogP contribution in [0.2, 0.25) is 0 Å². The van der Waals surface area contributed by atoms with Crippen molar-refractivity contribution < 1.29 is 4.52 Å². The number of rotatable bonds is 5. The Morgan fingerprint density at radius 2 is 2.08 bits per heavy atom. The van der Waals surface area contributed by atoms with Crippen LogP contribution in [0.3, 0.4) is 0 Å². The quantitative estimate of drug-likeness (QED) is 0.761. The van der Waals surface area contributed by atoms with Crippen LogP contribution in [-0.2, 0) is 13.5 Å². The fraction of sp³-hybridized carbons (Fsp3) is 0.588. The van der Waals surface area contributed by atoms with E-state index in [-0.39, 0.29) is 6.04 Å². The maximum Gasteiger partial charge on any atom is 0.248 e. The Labute approximate surface area is 146 Å². The van der Waals surface area contributed by atoms with Gasteiger partial charge < -0.3 is 9.84 Å². The smallest absolute Gasteiger partial charge is 0.248 e. The summed E-state index contributed by atoms with van der Waals surface area (Å²) < 4.78 is 7.15. The summed E-state index contributed by atoms with van der Waals surface area (Å²) >= 11 is 0. The molecule has 0 radical (unpaired) electrons. The first-order chi connectivity index (χ1) is 12.2. The molecule has 1 aliphatic rings. The summed E-state index contributed by atoms with van der Waals surface area (Å²) in [6.07, 6.45) is 7.36. The standard InChI is InChI=1S/C17H23N7O/c1-4-13-20-17(25-23-13)10(2)19-15-12-9-18-24(3)16(12)22-14(21-15)11-7-5-6-8-11/h9-11H,4-8H2,1-3H3,(H,19,21,22)/t10-/m1/s1. The number of anilines is 1. The molecule has 0 aromatic carbocycles. The fourth-order valence-electron chi connectivity index (χ4n) is 3.37. The lowest BCUT2D eigenvalue weighted by atomic mass is 10.1. The van der Waals surface area contributed by atoms with Crippen molar-refractivity contribution in [3.8, 4) is 0 Å². The largest absolute Gasteiger partial charge is 0.358 e. The van der Waals surface area contributed by atoms with Gasteiger partial charge in [0.1, 0.15) is 17.7 Å². The van der Waals surface area contributed by atoms with E-state index < -0.39 is 0 Å². The summed E-state index contributed by atoms with van der Waals surface area (Å²) in [6.45, 7) is 4.00. The maximum atomic E-state index is 5.35. The van der Waals surface area contributed by atoms with Crippen molar-refractivity contribution >= 4 is 16.9 Å². The number of nitrogens with zero attached hydrogens (tertiary/aromatic N) is 6. The number of aryl methyl sites for hydroxylation is 2. The minimum atomic E-state index is -0.137. The van der Waals surface area contributed by atoms with Gasteiger partial charge >= 0.3 is 0 Å². The molecule has 0 spiro atoms. The Kier molecular flexibility index (Phi) is 4.10. The third-order valence-electron chi connectivity index (χ3n) is 4.85. The molecule has 0 bridgehead atoms. The predicted octanol–water partition coefficient (Wildman–Crippen LogP) is 3.14. The normalized spacial score (nSPS) is 16.6. The van der Waals surface area contributed by atoms with Crippen molar-refractivity contribution in [1.29, 1.82) is 0 Å². The van der Waals surface area contributed by atoms with Crippen molar-refractivity contribution in [3.05, 3.63) is 23.7 Å². The molecule has 3 heterocycles. The second kappa shape index (κ2) is 6.42. The van der Waals surface area contributed by atoms with Gasteiger partial charge in [0, 0.05) is 19.4 Å². The molecule has 1 fully saturated rings. The molecule has 0 amide bonds. The van der Waals surface area contributed by atoms with Crippen molar-refractivity contribution in [2.24, 2.45) is 7.05 Å². The number of aromatic nitrogens is 6. The third kappa shape index (κ3) is 2.96. The van der Waals surface area contributed by atoms with Gasteiger partial charge in [0.05, 0.1) is 11.6 Å². The first-order valence-corrected chi connectivity index (χ1v) is 8.94. The number of nitrogens with one attached hydrogen (secondary N) is 1. The minimum absolute atomic E-state index is 0.137. The molecule has 8 nitrogen and oxygen atoms in total. The average Bonchev–Trinajstić information content (AvgIpc) is 3.36. The van der Waals surface area contributed by atoms with Gasteiger partial charge in [0.15, 0.2) is 11.5 Å². The molecule has 3 aromatic rings. The van der Waals surface area contributed by atoms with Gasteiger partial charge in [-0.25, -0.2) is 9.97 Å². The SMILES string of the molecule is CCc1noc([C@@H](C)Nc2nc(C3CCCC3)nc3c2cnn3C)n1. The third-order valence-corrected chi connectivity index (χ3v) is 4.85. The second-order valence-electron chi connectivity index (χ2n) is 6.69. The molecule has 1 atom stereocenters. The van der Waals surface area contributed by atoms with E-state index in [1.54, 1.807) is 10.9 Å². The molecular formula is C17H23N7O. The fourth-order valence-corrected chi connectivity index (χ4v) is 3.37. The van der Waals surface area contributed by atoms with Crippen LogP contribution in [0.5, 0.6) is 0 Å². The molecule has 132 valence electrons. The summed E-state index contributed by atoms with van der Waals surface area (Å²) in [6, 6.07) is -0.137. The van der Waals surface area contributed by atoms with Gasteiger partial charge in [-0.3, -0.25) is 4.68 Å². The first-order valence-electron chi connectivity index (χ1n) is 8.94. The van der Waals surface area contributed by atoms with E-state index in [0.29, 0.717) is 17.6 Å². The van der Waals surface area contributed by atoms with Crippen molar-refractivity contribution in [3.63, 3.8) is 0 Å². The number of hydrogen-bond acceptors (Lipinski definition) is 7. The molecule has 0 aliphatic heterocycles. The van der Waals surface area contributed by atoms with Gasteiger partial charge in [-0.1, -0.05) is 24.9 Å². The second-order valence-corrected chi connectivity index (χ2v) is 6.69. The van der Waals surface area contributed by atoms with Crippen molar-refractivity contribution in [1.82, 2.24) is 29.9 Å². The van der Waals surface area contributed by atoms with Crippen LogP contribution in [0.1, 0.15) is 69.0 Å². The molecule has 8 heteroatoms. The van der Waals surface area contributed by atoms with Crippen LogP contribution in [0.25, 0.3) is 11.0 Å². The zero-order valence-electron chi connectivity index (χ0n) is 14.9. The number of fused-ring (bicyclic) bond motifs is 1. The predicted molar refractivity (Wildman–Crippen MR) is 93.2 cm³/mol. The van der Waals surface area contributed by atoms with E-state index in [2.05, 4.69) is 20.6 Å². The van der Waals surface area contributed by atoms with E-state index >= 15 is 0 Å². The Balaban J connectivity index is 1.69. The summed E-state index contributed by atoms with van der Waals surface area (Å²) in [5.74, 6) is 3.40. The van der Waals surface area contributed by atoms with E-state index in [1.165, 1.54) is 12.8 Å². The lowest BCUT2D eigenvalue weighted by Gasteiger charge is -2.14. The van der Waals surface area contributed by atoms with Crippen LogP contribution in [0, 0.1) is 0 Å². The number of hydrogen-bond donors (Lipinski definition) is 1. The van der Waals surface area contributed by atoms with Gasteiger partial charge in [-0.2, -0.15) is 10.1 Å². The lowest BCUT2D eigenvalue weighted by molar-refractivity contribution is 0.363. The summed E-state index contributed by atoms with van der Waals surface area (Å²) in [5.41, 5.74) is 0.853. The van der Waals surface area contributed by atoms with Gasteiger partial charge in [0.2, 0.25) is 5.89 Å². The van der Waals surface area contributed by atoms with E-state index in [1.807, 2.05) is 20.9 Å². The van der Waals surface area contributed by atoms with Crippen LogP contribution >= 0.6 is 0 Å². The molecule has 25 heavy (non-hydrogen) atoms. The van der Waals surface area contributed by atoms with Crippen LogP contribution in [0.15, 0.2) is 10.7 Å². The van der Waals surface area contributed by atoms with E-state index in [0.717, 1.165) is 41.9 Å². The van der Waals surface area contributed by atoms with Gasteiger partial charge in [0.25, 0.3) is 0 Å². The topological polar surface area (TPSA) is 94.5 Å². The highest BCUT2D eigenvalue weighted by atomic mass is 16.5. The maximum absolute atomic E-state index is 5.35. The van der Waals surface area contributed by atoms with Crippen molar-refractivity contribution in [2.75, 3.05) is 5.32 Å². The zero-order chi connectivity index (χ0) is 17.4. The summed E-state index contributed by atoms with van der Waals surface area (Å²) in [7, 11) is 1.91. The van der Waals surface area contributed by atoms with Crippen LogP contribution in [0.4, 0.5) is 5.82 Å². The average molecular weight is 341 g/mol. The Morgan fingerprint density at radius 1 is 1.28 bits per heavy atom. The van der Waals surface area contributed by atoms with E-state index in [9.17, 15) is 0 Å². The Morgan fingerprint density at radius 3 is 2.80 bits per heavy atom. The molecule has 3 aromatic heterocycles. The first kappa shape index (κ1) is 16.0. The molecule has 0 unspecified atom stereocenters. The van der Waals surface area contributed by atoms with Crippen LogP contribution in [-0.4, -0.2) is 29.9 Å². The molecule has 1 aliphatic carbocycles. The molecule has 1 N–H and O–H groups in total. The molecule has 1 saturated carbocycles. The lowest BCUT2D eigenvalue weighted by Crippen LogP contribution is -2.12. The zero-order valence-corrected chi connectivity index (χ0v) is 14.9. The van der Waals surface area contributed by atoms with Crippen LogP contribution < -0.4 is 5.32 Å². The monoisotopic (exact) mass is 341 g/mol. The Bertz CT molecular complexity index is 878. The molecule has 4 rings (SSSR count). The van der Waals surface area contributed by atoms with E-state index in [4.69, 9.17) is 14.5 Å². The highest BCUT2D eigenvalue weighted by Gasteiger charge is 2.23. The Hall–Kier alpha value is -2.51. The van der Waals surface area contributed by atoms with Crippen molar-refractivity contribution in [2.45, 2.75) is 57.9 Å².